The van der Waals surface area contributed by atoms with Gasteiger partial charge in [-0.2, -0.15) is 0 Å². The van der Waals surface area contributed by atoms with Gasteiger partial charge in [0.1, 0.15) is 5.75 Å². The molecule has 1 aromatic rings. The maximum absolute atomic E-state index is 12.2. The summed E-state index contributed by atoms with van der Waals surface area (Å²) in [6, 6.07) is 6.51. The van der Waals surface area contributed by atoms with Gasteiger partial charge in [0.15, 0.2) is 9.84 Å². The van der Waals surface area contributed by atoms with Crippen LogP contribution in [-0.2, 0) is 9.84 Å². The molecule has 0 radical (unpaired) electrons. The average Bonchev–Trinajstić information content (AvgIpc) is 2.29. The Morgan fingerprint density at radius 1 is 1.19 bits per heavy atom. The Morgan fingerprint density at radius 2 is 1.69 bits per heavy atom. The maximum atomic E-state index is 12.2. The van der Waals surface area contributed by atoms with Gasteiger partial charge in [-0.25, -0.2) is 8.42 Å². The molecule has 0 atom stereocenters. The van der Waals surface area contributed by atoms with E-state index in [0.717, 1.165) is 0 Å². The summed E-state index contributed by atoms with van der Waals surface area (Å²) in [5, 5.41) is 0. The van der Waals surface area contributed by atoms with Gasteiger partial charge in [-0.05, 0) is 44.5 Å². The van der Waals surface area contributed by atoms with Crippen LogP contribution in [0.25, 0.3) is 0 Å². The van der Waals surface area contributed by atoms with E-state index in [4.69, 9.17) is 4.74 Å². The lowest BCUT2D eigenvalue weighted by atomic mass is 10.1. The number of benzene rings is 1. The van der Waals surface area contributed by atoms with Gasteiger partial charge in [0.05, 0.1) is 16.8 Å². The summed E-state index contributed by atoms with van der Waals surface area (Å²) in [4.78, 5) is 0.347. The molecule has 0 unspecified atom stereocenters. The predicted octanol–water partition coefficient (Wildman–Crippen LogP) is 2.66. The van der Waals surface area contributed by atoms with Crippen molar-refractivity contribution in [3.63, 3.8) is 0 Å². The fourth-order valence-corrected chi connectivity index (χ4v) is 2.78. The topological polar surface area (TPSA) is 43.4 Å². The Bertz CT molecular complexity index is 444. The van der Waals surface area contributed by atoms with E-state index in [0.29, 0.717) is 17.1 Å². The van der Waals surface area contributed by atoms with E-state index in [9.17, 15) is 8.42 Å². The van der Waals surface area contributed by atoms with Crippen molar-refractivity contribution in [1.82, 2.24) is 0 Å². The van der Waals surface area contributed by atoms with Crippen LogP contribution in [0.3, 0.4) is 0 Å². The molecule has 0 saturated heterocycles. The molecule has 0 amide bonds. The molecule has 0 heterocycles. The quantitative estimate of drug-likeness (QED) is 0.815. The van der Waals surface area contributed by atoms with Crippen molar-refractivity contribution in [3.05, 3.63) is 24.3 Å². The molecule has 0 fully saturated rings. The molecule has 4 heteroatoms. The summed E-state index contributed by atoms with van der Waals surface area (Å²) in [5.74, 6) is 0.660. The number of hydrogen-bond donors (Lipinski definition) is 0. The number of rotatable bonds is 4. The molecule has 0 N–H and O–H groups in total. The molecule has 1 rings (SSSR count). The molecule has 0 aliphatic rings. The van der Waals surface area contributed by atoms with Crippen molar-refractivity contribution in [2.45, 2.75) is 36.8 Å². The first-order valence-corrected chi connectivity index (χ1v) is 6.72. The highest BCUT2D eigenvalue weighted by atomic mass is 32.2. The Hall–Kier alpha value is -1.03. The zero-order chi connectivity index (χ0) is 12.4. The minimum absolute atomic E-state index is 0.347. The van der Waals surface area contributed by atoms with E-state index in [1.807, 2.05) is 6.92 Å². The first-order valence-electron chi connectivity index (χ1n) is 5.24. The van der Waals surface area contributed by atoms with Crippen LogP contribution < -0.4 is 4.74 Å². The van der Waals surface area contributed by atoms with E-state index >= 15 is 0 Å². The van der Waals surface area contributed by atoms with Crippen LogP contribution in [0.5, 0.6) is 5.75 Å². The molecule has 0 aliphatic carbocycles. The molecule has 1 aromatic carbocycles. The molecule has 90 valence electrons. The van der Waals surface area contributed by atoms with Gasteiger partial charge in [-0.15, -0.1) is 0 Å². The number of hydrogen-bond acceptors (Lipinski definition) is 3. The van der Waals surface area contributed by atoms with Crippen LogP contribution in [0, 0.1) is 0 Å². The van der Waals surface area contributed by atoms with Gasteiger partial charge in [0.2, 0.25) is 0 Å². The second-order valence-electron chi connectivity index (χ2n) is 4.29. The monoisotopic (exact) mass is 242 g/mol. The van der Waals surface area contributed by atoms with E-state index < -0.39 is 14.6 Å². The standard InChI is InChI=1S/C12H18O3S/c1-5-12(2,3)16(13,14)11-8-6-10(15-4)7-9-11/h6-9H,5H2,1-4H3. The molecule has 3 nitrogen and oxygen atoms in total. The average molecular weight is 242 g/mol. The van der Waals surface area contributed by atoms with Crippen molar-refractivity contribution >= 4 is 9.84 Å². The SMILES string of the molecule is CCC(C)(C)S(=O)(=O)c1ccc(OC)cc1. The summed E-state index contributed by atoms with van der Waals surface area (Å²) in [6.45, 7) is 5.36. The smallest absolute Gasteiger partial charge is 0.183 e. The fraction of sp³-hybridized carbons (Fsp3) is 0.500. The minimum atomic E-state index is -3.27. The zero-order valence-electron chi connectivity index (χ0n) is 10.1. The molecule has 0 bridgehead atoms. The van der Waals surface area contributed by atoms with Gasteiger partial charge in [0.25, 0.3) is 0 Å². The third-order valence-corrected chi connectivity index (χ3v) is 5.59. The molecule has 0 spiro atoms. The summed E-state index contributed by atoms with van der Waals surface area (Å²) in [6.07, 6.45) is 0.585. The largest absolute Gasteiger partial charge is 0.497 e. The van der Waals surface area contributed by atoms with Crippen LogP contribution in [-0.4, -0.2) is 20.3 Å². The summed E-state index contributed by atoms with van der Waals surface area (Å²) >= 11 is 0. The third kappa shape index (κ3) is 2.21. The summed E-state index contributed by atoms with van der Waals surface area (Å²) in [5.41, 5.74) is 0. The predicted molar refractivity (Wildman–Crippen MR) is 64.5 cm³/mol. The minimum Gasteiger partial charge on any atom is -0.497 e. The van der Waals surface area contributed by atoms with Crippen molar-refractivity contribution < 1.29 is 13.2 Å². The van der Waals surface area contributed by atoms with Gasteiger partial charge in [0, 0.05) is 0 Å². The number of methoxy groups -OCH3 is 1. The molecule has 0 saturated carbocycles. The Kier molecular flexibility index (Phi) is 3.63. The molecule has 0 aliphatic heterocycles. The van der Waals surface area contributed by atoms with Crippen molar-refractivity contribution in [2.24, 2.45) is 0 Å². The lowest BCUT2D eigenvalue weighted by Crippen LogP contribution is -2.30. The van der Waals surface area contributed by atoms with Gasteiger partial charge in [-0.1, -0.05) is 6.92 Å². The lowest BCUT2D eigenvalue weighted by molar-refractivity contribution is 0.414. The fourth-order valence-electron chi connectivity index (χ4n) is 1.26. The van der Waals surface area contributed by atoms with Crippen LogP contribution in [0.1, 0.15) is 27.2 Å². The van der Waals surface area contributed by atoms with E-state index in [1.54, 1.807) is 45.2 Å². The van der Waals surface area contributed by atoms with Crippen LogP contribution in [0.2, 0.25) is 0 Å². The Morgan fingerprint density at radius 3 is 2.06 bits per heavy atom. The second-order valence-corrected chi connectivity index (χ2v) is 6.88. The zero-order valence-corrected chi connectivity index (χ0v) is 11.0. The second kappa shape index (κ2) is 4.45. The molecular weight excluding hydrogens is 224 g/mol. The third-order valence-electron chi connectivity index (χ3n) is 2.95. The van der Waals surface area contributed by atoms with Crippen molar-refractivity contribution in [2.75, 3.05) is 7.11 Å². The van der Waals surface area contributed by atoms with Crippen LogP contribution in [0.15, 0.2) is 29.2 Å². The highest BCUT2D eigenvalue weighted by Gasteiger charge is 2.33. The van der Waals surface area contributed by atoms with Crippen molar-refractivity contribution in [3.8, 4) is 5.75 Å². The van der Waals surface area contributed by atoms with Gasteiger partial charge < -0.3 is 4.74 Å². The number of sulfone groups is 1. The van der Waals surface area contributed by atoms with Gasteiger partial charge in [-0.3, -0.25) is 0 Å². The van der Waals surface area contributed by atoms with Crippen LogP contribution >= 0.6 is 0 Å². The highest BCUT2D eigenvalue weighted by molar-refractivity contribution is 7.92. The highest BCUT2D eigenvalue weighted by Crippen LogP contribution is 2.28. The Labute approximate surface area is 97.4 Å². The molecule has 16 heavy (non-hydrogen) atoms. The Balaban J connectivity index is 3.18. The summed E-state index contributed by atoms with van der Waals surface area (Å²) < 4.78 is 28.8. The van der Waals surface area contributed by atoms with E-state index in [-0.39, 0.29) is 0 Å². The molecular formula is C12H18O3S. The van der Waals surface area contributed by atoms with E-state index in [2.05, 4.69) is 0 Å². The van der Waals surface area contributed by atoms with Crippen molar-refractivity contribution in [1.29, 1.82) is 0 Å². The first kappa shape index (κ1) is 13.0. The maximum Gasteiger partial charge on any atom is 0.183 e. The molecule has 0 aromatic heterocycles. The summed E-state index contributed by atoms with van der Waals surface area (Å²) in [7, 11) is -1.71. The van der Waals surface area contributed by atoms with Crippen LogP contribution in [0.4, 0.5) is 0 Å². The van der Waals surface area contributed by atoms with E-state index in [1.165, 1.54) is 0 Å². The lowest BCUT2D eigenvalue weighted by Gasteiger charge is -2.23. The normalized spacial score (nSPS) is 12.5. The first-order chi connectivity index (χ1) is 7.35. The number of ether oxygens (including phenoxy) is 1. The van der Waals surface area contributed by atoms with Gasteiger partial charge >= 0.3 is 0 Å².